The van der Waals surface area contributed by atoms with Gasteiger partial charge < -0.3 is 19.8 Å². The lowest BCUT2D eigenvalue weighted by Crippen LogP contribution is -2.53. The molecule has 0 saturated carbocycles. The van der Waals surface area contributed by atoms with Gasteiger partial charge in [-0.05, 0) is 12.2 Å². The van der Waals surface area contributed by atoms with Crippen LogP contribution in [-0.4, -0.2) is 41.2 Å². The Morgan fingerprint density at radius 2 is 1.14 bits per heavy atom. The first-order chi connectivity index (χ1) is 13.7. The van der Waals surface area contributed by atoms with Crippen molar-refractivity contribution in [2.24, 2.45) is 0 Å². The SMILES string of the molecule is CCCCCCCCCCCCCCCCSC(C(=O)[O-])C(C(=O)[O-])S(=O)(=O)O. The highest BCUT2D eigenvalue weighted by Crippen LogP contribution is 2.22. The van der Waals surface area contributed by atoms with Crippen molar-refractivity contribution in [1.29, 1.82) is 0 Å². The topological polar surface area (TPSA) is 135 Å². The Bertz CT molecular complexity index is 549. The van der Waals surface area contributed by atoms with Crippen molar-refractivity contribution in [2.45, 2.75) is 107 Å². The van der Waals surface area contributed by atoms with Crippen LogP contribution in [0.2, 0.25) is 0 Å². The molecule has 0 heterocycles. The first-order valence-electron chi connectivity index (χ1n) is 10.7. The number of carboxylic acid groups (broad SMARTS) is 2. The summed E-state index contributed by atoms with van der Waals surface area (Å²) in [6.07, 6.45) is 16.5. The summed E-state index contributed by atoms with van der Waals surface area (Å²) >= 11 is 0.655. The molecule has 0 aliphatic carbocycles. The number of thioether (sulfide) groups is 1. The summed E-state index contributed by atoms with van der Waals surface area (Å²) < 4.78 is 31.2. The molecule has 9 heteroatoms. The molecule has 0 bridgehead atoms. The van der Waals surface area contributed by atoms with Gasteiger partial charge in [0.25, 0.3) is 10.1 Å². The fourth-order valence-corrected chi connectivity index (χ4v) is 5.56. The normalized spacial score (nSPS) is 13.9. The Balaban J connectivity index is 3.77. The highest BCUT2D eigenvalue weighted by atomic mass is 32.2. The summed E-state index contributed by atoms with van der Waals surface area (Å²) in [5.74, 6) is -3.71. The first kappa shape index (κ1) is 28.2. The third-order valence-corrected chi connectivity index (χ3v) is 7.48. The van der Waals surface area contributed by atoms with E-state index >= 15 is 0 Å². The van der Waals surface area contributed by atoms with Gasteiger partial charge in [-0.2, -0.15) is 20.2 Å². The van der Waals surface area contributed by atoms with Gasteiger partial charge in [0.2, 0.25) is 0 Å². The Morgan fingerprint density at radius 1 is 0.759 bits per heavy atom. The molecule has 0 radical (unpaired) electrons. The van der Waals surface area contributed by atoms with Crippen LogP contribution in [0.3, 0.4) is 0 Å². The molecule has 0 amide bonds. The summed E-state index contributed by atoms with van der Waals surface area (Å²) in [5, 5.41) is 17.6. The average Bonchev–Trinajstić information content (AvgIpc) is 2.62. The van der Waals surface area contributed by atoms with Crippen LogP contribution in [0.4, 0.5) is 0 Å². The maximum absolute atomic E-state index is 11.1. The minimum absolute atomic E-state index is 0.274. The Labute approximate surface area is 179 Å². The van der Waals surface area contributed by atoms with Gasteiger partial charge in [-0.1, -0.05) is 90.4 Å². The van der Waals surface area contributed by atoms with Crippen LogP contribution in [0.15, 0.2) is 0 Å². The van der Waals surface area contributed by atoms with Crippen molar-refractivity contribution < 1.29 is 32.8 Å². The number of carbonyl (C=O) groups excluding carboxylic acids is 2. The van der Waals surface area contributed by atoms with Gasteiger partial charge in [0.05, 0.1) is 17.2 Å². The van der Waals surface area contributed by atoms with Crippen LogP contribution in [-0.2, 0) is 19.7 Å². The van der Waals surface area contributed by atoms with E-state index in [4.69, 9.17) is 4.55 Å². The van der Waals surface area contributed by atoms with E-state index in [9.17, 15) is 28.2 Å². The van der Waals surface area contributed by atoms with Gasteiger partial charge in [-0.15, -0.1) is 0 Å². The minimum Gasteiger partial charge on any atom is -0.549 e. The van der Waals surface area contributed by atoms with E-state index in [1.54, 1.807) is 0 Å². The summed E-state index contributed by atoms with van der Waals surface area (Å²) in [5.41, 5.74) is 0. The molecule has 0 aliphatic heterocycles. The lowest BCUT2D eigenvalue weighted by atomic mass is 10.0. The molecule has 0 fully saturated rings. The quantitative estimate of drug-likeness (QED) is 0.220. The largest absolute Gasteiger partial charge is 0.549 e. The predicted molar refractivity (Wildman–Crippen MR) is 112 cm³/mol. The fraction of sp³-hybridized carbons (Fsp3) is 0.900. The van der Waals surface area contributed by atoms with E-state index in [1.165, 1.54) is 64.2 Å². The zero-order valence-corrected chi connectivity index (χ0v) is 19.1. The van der Waals surface area contributed by atoms with E-state index in [0.29, 0.717) is 18.2 Å². The van der Waals surface area contributed by atoms with Crippen molar-refractivity contribution in [2.75, 3.05) is 5.75 Å². The summed E-state index contributed by atoms with van der Waals surface area (Å²) in [6.45, 7) is 2.22. The molecule has 0 aromatic rings. The Hall–Kier alpha value is -0.800. The van der Waals surface area contributed by atoms with Crippen LogP contribution in [0.5, 0.6) is 0 Å². The number of hydrogen-bond acceptors (Lipinski definition) is 7. The van der Waals surface area contributed by atoms with Crippen LogP contribution >= 0.6 is 11.8 Å². The molecular weight excluding hydrogens is 416 g/mol. The number of carboxylic acids is 2. The first-order valence-corrected chi connectivity index (χ1v) is 13.3. The zero-order valence-electron chi connectivity index (χ0n) is 17.5. The molecule has 0 spiro atoms. The maximum Gasteiger partial charge on any atom is 0.274 e. The molecular formula is C20H36O7S2-2. The molecule has 0 aliphatic rings. The fourth-order valence-electron chi connectivity index (χ4n) is 3.19. The molecule has 29 heavy (non-hydrogen) atoms. The molecule has 2 unspecified atom stereocenters. The highest BCUT2D eigenvalue weighted by Gasteiger charge is 2.34. The van der Waals surface area contributed by atoms with Crippen molar-refractivity contribution in [1.82, 2.24) is 0 Å². The second kappa shape index (κ2) is 16.9. The van der Waals surface area contributed by atoms with E-state index in [1.807, 2.05) is 0 Å². The molecule has 0 aromatic heterocycles. The standard InChI is InChI=1S/C20H38O7S2/c1-2-3-4-5-6-7-8-9-10-11-12-13-14-15-16-28-17(19(21)22)18(20(23)24)29(25,26)27/h17-18H,2-16H2,1H3,(H,21,22)(H,23,24)(H,25,26,27)/p-2. The number of hydrogen-bond donors (Lipinski definition) is 1. The maximum atomic E-state index is 11.1. The highest BCUT2D eigenvalue weighted by molar-refractivity contribution is 8.01. The second-order valence-corrected chi connectivity index (χ2v) is 10.2. The minimum atomic E-state index is -5.08. The molecule has 0 aromatic carbocycles. The van der Waals surface area contributed by atoms with Gasteiger partial charge in [-0.3, -0.25) is 4.55 Å². The predicted octanol–water partition coefficient (Wildman–Crippen LogP) is 2.33. The zero-order chi connectivity index (χ0) is 22.1. The van der Waals surface area contributed by atoms with Crippen molar-refractivity contribution in [3.63, 3.8) is 0 Å². The van der Waals surface area contributed by atoms with Crippen LogP contribution in [0.25, 0.3) is 0 Å². The van der Waals surface area contributed by atoms with Gasteiger partial charge in [-0.25, -0.2) is 0 Å². The molecule has 0 saturated heterocycles. The monoisotopic (exact) mass is 452 g/mol. The molecule has 2 atom stereocenters. The Morgan fingerprint density at radius 3 is 1.45 bits per heavy atom. The van der Waals surface area contributed by atoms with Gasteiger partial charge in [0, 0.05) is 0 Å². The second-order valence-electron chi connectivity index (χ2n) is 7.46. The van der Waals surface area contributed by atoms with Gasteiger partial charge in [0.1, 0.15) is 5.25 Å². The molecule has 0 rings (SSSR count). The van der Waals surface area contributed by atoms with Crippen LogP contribution in [0.1, 0.15) is 96.8 Å². The van der Waals surface area contributed by atoms with Crippen molar-refractivity contribution >= 4 is 33.8 Å². The van der Waals surface area contributed by atoms with Gasteiger partial charge >= 0.3 is 0 Å². The van der Waals surface area contributed by atoms with Crippen LogP contribution in [0, 0.1) is 0 Å². The van der Waals surface area contributed by atoms with E-state index in [-0.39, 0.29) is 5.75 Å². The molecule has 172 valence electrons. The third-order valence-electron chi connectivity index (χ3n) is 4.86. The number of unbranched alkanes of at least 4 members (excludes halogenated alkanes) is 13. The van der Waals surface area contributed by atoms with Crippen molar-refractivity contribution in [3.8, 4) is 0 Å². The molecule has 7 nitrogen and oxygen atoms in total. The summed E-state index contributed by atoms with van der Waals surface area (Å²) in [4.78, 5) is 22.0. The van der Waals surface area contributed by atoms with E-state index in [2.05, 4.69) is 6.92 Å². The lowest BCUT2D eigenvalue weighted by Gasteiger charge is -2.25. The smallest absolute Gasteiger partial charge is 0.274 e. The number of carbonyl (C=O) groups is 2. The third kappa shape index (κ3) is 14.8. The van der Waals surface area contributed by atoms with Gasteiger partial charge in [0.15, 0.2) is 0 Å². The molecule has 1 N–H and O–H groups in total. The number of rotatable bonds is 20. The lowest BCUT2D eigenvalue weighted by molar-refractivity contribution is -0.313. The average molecular weight is 453 g/mol. The summed E-state index contributed by atoms with van der Waals surface area (Å²) in [7, 11) is -5.08. The van der Waals surface area contributed by atoms with E-state index < -0.39 is 32.6 Å². The van der Waals surface area contributed by atoms with E-state index in [0.717, 1.165) is 19.3 Å². The summed E-state index contributed by atoms with van der Waals surface area (Å²) in [6, 6.07) is 0. The Kier molecular flexibility index (Phi) is 16.5. The van der Waals surface area contributed by atoms with Crippen LogP contribution < -0.4 is 10.2 Å². The number of aliphatic carboxylic acids is 2. The van der Waals surface area contributed by atoms with Crippen molar-refractivity contribution in [3.05, 3.63) is 0 Å².